The van der Waals surface area contributed by atoms with Crippen molar-refractivity contribution in [2.24, 2.45) is 5.92 Å². The monoisotopic (exact) mass is 208 g/mol. The molecule has 1 saturated carbocycles. The van der Waals surface area contributed by atoms with Gasteiger partial charge in [0.05, 0.1) is 18.5 Å². The Morgan fingerprint density at radius 1 is 1.67 bits per heavy atom. The molecule has 0 spiro atoms. The normalized spacial score (nSPS) is 15.0. The first kappa shape index (κ1) is 9.89. The number of rotatable bonds is 4. The number of carboxylic acid groups (broad SMARTS) is 1. The lowest BCUT2D eigenvalue weighted by Crippen LogP contribution is -2.08. The first-order chi connectivity index (χ1) is 7.16. The number of hydrogen-bond acceptors (Lipinski definition) is 4. The molecule has 1 aromatic heterocycles. The fourth-order valence-electron chi connectivity index (χ4n) is 1.23. The second kappa shape index (κ2) is 3.84. The van der Waals surface area contributed by atoms with Crippen LogP contribution in [0.4, 0.5) is 0 Å². The van der Waals surface area contributed by atoms with E-state index in [-0.39, 0.29) is 5.69 Å². The van der Waals surface area contributed by atoms with Crippen LogP contribution in [0.2, 0.25) is 0 Å². The van der Waals surface area contributed by atoms with Crippen LogP contribution in [-0.2, 0) is 0 Å². The molecule has 0 saturated heterocycles. The summed E-state index contributed by atoms with van der Waals surface area (Å²) in [6, 6.07) is 0. The SMILES string of the molecule is Cc1nc(OCC2CC2)cnc1C(=O)O. The molecule has 2 rings (SSSR count). The van der Waals surface area contributed by atoms with Crippen LogP contribution in [0.3, 0.4) is 0 Å². The Hall–Kier alpha value is -1.65. The molecule has 0 radical (unpaired) electrons. The second-order valence-electron chi connectivity index (χ2n) is 3.70. The van der Waals surface area contributed by atoms with Gasteiger partial charge in [-0.15, -0.1) is 0 Å². The molecule has 0 atom stereocenters. The van der Waals surface area contributed by atoms with Crippen molar-refractivity contribution >= 4 is 5.97 Å². The van der Waals surface area contributed by atoms with Gasteiger partial charge in [-0.05, 0) is 25.7 Å². The van der Waals surface area contributed by atoms with Gasteiger partial charge >= 0.3 is 5.97 Å². The summed E-state index contributed by atoms with van der Waals surface area (Å²) in [5, 5.41) is 8.74. The molecule has 0 aromatic carbocycles. The van der Waals surface area contributed by atoms with Crippen molar-refractivity contribution in [3.63, 3.8) is 0 Å². The molecular formula is C10H12N2O3. The third-order valence-corrected chi connectivity index (χ3v) is 2.29. The number of aromatic nitrogens is 2. The van der Waals surface area contributed by atoms with Gasteiger partial charge in [-0.2, -0.15) is 0 Å². The van der Waals surface area contributed by atoms with Crippen LogP contribution in [0.15, 0.2) is 6.20 Å². The number of nitrogens with zero attached hydrogens (tertiary/aromatic N) is 2. The maximum atomic E-state index is 10.7. The number of aromatic carboxylic acids is 1. The Labute approximate surface area is 87.1 Å². The molecular weight excluding hydrogens is 196 g/mol. The third kappa shape index (κ3) is 2.43. The van der Waals surface area contributed by atoms with E-state index < -0.39 is 5.97 Å². The Morgan fingerprint density at radius 2 is 2.40 bits per heavy atom. The van der Waals surface area contributed by atoms with E-state index in [0.29, 0.717) is 24.1 Å². The van der Waals surface area contributed by atoms with E-state index >= 15 is 0 Å². The summed E-state index contributed by atoms with van der Waals surface area (Å²) >= 11 is 0. The summed E-state index contributed by atoms with van der Waals surface area (Å²) in [6.45, 7) is 2.26. The summed E-state index contributed by atoms with van der Waals surface area (Å²) in [5.74, 6) is -0.00982. The number of carbonyl (C=O) groups is 1. The van der Waals surface area contributed by atoms with Gasteiger partial charge in [0.1, 0.15) is 0 Å². The van der Waals surface area contributed by atoms with E-state index in [4.69, 9.17) is 9.84 Å². The molecule has 15 heavy (non-hydrogen) atoms. The minimum absolute atomic E-state index is 0.0197. The minimum atomic E-state index is -1.06. The van der Waals surface area contributed by atoms with E-state index in [1.165, 1.54) is 19.0 Å². The molecule has 1 N–H and O–H groups in total. The van der Waals surface area contributed by atoms with E-state index in [9.17, 15) is 4.79 Å². The van der Waals surface area contributed by atoms with Gasteiger partial charge in [0, 0.05) is 0 Å². The first-order valence-electron chi connectivity index (χ1n) is 4.86. The molecule has 5 nitrogen and oxygen atoms in total. The van der Waals surface area contributed by atoms with Gasteiger partial charge < -0.3 is 9.84 Å². The number of aryl methyl sites for hydroxylation is 1. The van der Waals surface area contributed by atoms with E-state index in [2.05, 4.69) is 9.97 Å². The molecule has 1 aliphatic carbocycles. The standard InChI is InChI=1S/C10H12N2O3/c1-6-9(10(13)14)11-4-8(12-6)15-5-7-2-3-7/h4,7H,2-3,5H2,1H3,(H,13,14). The summed E-state index contributed by atoms with van der Waals surface area (Å²) in [4.78, 5) is 18.5. The molecule has 1 aliphatic rings. The molecule has 5 heteroatoms. The zero-order chi connectivity index (χ0) is 10.8. The lowest BCUT2D eigenvalue weighted by Gasteiger charge is -2.05. The zero-order valence-corrected chi connectivity index (χ0v) is 8.43. The van der Waals surface area contributed by atoms with Crippen molar-refractivity contribution in [2.75, 3.05) is 6.61 Å². The second-order valence-corrected chi connectivity index (χ2v) is 3.70. The predicted molar refractivity (Wildman–Crippen MR) is 51.9 cm³/mol. The van der Waals surface area contributed by atoms with Crippen molar-refractivity contribution in [1.82, 2.24) is 9.97 Å². The highest BCUT2D eigenvalue weighted by Gasteiger charge is 2.22. The van der Waals surface area contributed by atoms with Gasteiger partial charge in [0.25, 0.3) is 0 Å². The average molecular weight is 208 g/mol. The van der Waals surface area contributed by atoms with Crippen molar-refractivity contribution < 1.29 is 14.6 Å². The van der Waals surface area contributed by atoms with Crippen molar-refractivity contribution in [1.29, 1.82) is 0 Å². The summed E-state index contributed by atoms with van der Waals surface area (Å²) < 4.78 is 5.38. The highest BCUT2D eigenvalue weighted by molar-refractivity contribution is 5.86. The van der Waals surface area contributed by atoms with Crippen molar-refractivity contribution in [3.8, 4) is 5.88 Å². The third-order valence-electron chi connectivity index (χ3n) is 2.29. The summed E-state index contributed by atoms with van der Waals surface area (Å²) in [6.07, 6.45) is 3.78. The Bertz CT molecular complexity index is 388. The molecule has 1 fully saturated rings. The number of ether oxygens (including phenoxy) is 1. The maximum Gasteiger partial charge on any atom is 0.356 e. The first-order valence-corrected chi connectivity index (χ1v) is 4.86. The molecule has 1 aromatic rings. The van der Waals surface area contributed by atoms with Gasteiger partial charge in [0.2, 0.25) is 5.88 Å². The lowest BCUT2D eigenvalue weighted by molar-refractivity contribution is 0.0688. The predicted octanol–water partition coefficient (Wildman–Crippen LogP) is 1.27. The number of carboxylic acids is 1. The molecule has 1 heterocycles. The largest absolute Gasteiger partial charge is 0.476 e. The highest BCUT2D eigenvalue weighted by Crippen LogP contribution is 2.29. The molecule has 0 amide bonds. The van der Waals surface area contributed by atoms with Crippen molar-refractivity contribution in [2.45, 2.75) is 19.8 Å². The maximum absolute atomic E-state index is 10.7. The Kier molecular flexibility index (Phi) is 2.53. The van der Waals surface area contributed by atoms with E-state index in [1.807, 2.05) is 0 Å². The number of hydrogen-bond donors (Lipinski definition) is 1. The van der Waals surface area contributed by atoms with Crippen LogP contribution in [0.5, 0.6) is 5.88 Å². The molecule has 0 unspecified atom stereocenters. The Morgan fingerprint density at radius 3 is 2.93 bits per heavy atom. The smallest absolute Gasteiger partial charge is 0.356 e. The minimum Gasteiger partial charge on any atom is -0.476 e. The fraction of sp³-hybridized carbons (Fsp3) is 0.500. The molecule has 0 bridgehead atoms. The Balaban J connectivity index is 2.06. The van der Waals surface area contributed by atoms with Crippen LogP contribution >= 0.6 is 0 Å². The molecule has 0 aliphatic heterocycles. The van der Waals surface area contributed by atoms with E-state index in [0.717, 1.165) is 0 Å². The lowest BCUT2D eigenvalue weighted by atomic mass is 10.3. The fourth-order valence-corrected chi connectivity index (χ4v) is 1.23. The van der Waals surface area contributed by atoms with Gasteiger partial charge in [0.15, 0.2) is 5.69 Å². The van der Waals surface area contributed by atoms with Crippen LogP contribution in [0.1, 0.15) is 29.0 Å². The zero-order valence-electron chi connectivity index (χ0n) is 8.43. The van der Waals surface area contributed by atoms with Crippen LogP contribution < -0.4 is 4.74 Å². The van der Waals surface area contributed by atoms with Gasteiger partial charge in [-0.25, -0.2) is 14.8 Å². The summed E-state index contributed by atoms with van der Waals surface area (Å²) in [5.41, 5.74) is 0.365. The van der Waals surface area contributed by atoms with Crippen LogP contribution in [0.25, 0.3) is 0 Å². The highest BCUT2D eigenvalue weighted by atomic mass is 16.5. The quantitative estimate of drug-likeness (QED) is 0.806. The van der Waals surface area contributed by atoms with E-state index in [1.54, 1.807) is 6.92 Å². The van der Waals surface area contributed by atoms with Crippen molar-refractivity contribution in [3.05, 3.63) is 17.6 Å². The van der Waals surface area contributed by atoms with Gasteiger partial charge in [-0.3, -0.25) is 0 Å². The topological polar surface area (TPSA) is 72.3 Å². The molecule has 80 valence electrons. The average Bonchev–Trinajstić information content (AvgIpc) is 2.97. The van der Waals surface area contributed by atoms with Crippen LogP contribution in [0, 0.1) is 12.8 Å². The van der Waals surface area contributed by atoms with Crippen LogP contribution in [-0.4, -0.2) is 27.7 Å². The van der Waals surface area contributed by atoms with Gasteiger partial charge in [-0.1, -0.05) is 0 Å². The summed E-state index contributed by atoms with van der Waals surface area (Å²) in [7, 11) is 0.